The highest BCUT2D eigenvalue weighted by atomic mass is 16.5. The molecule has 4 heteroatoms. The number of piperazine rings is 1. The lowest BCUT2D eigenvalue weighted by Gasteiger charge is -2.34. The van der Waals surface area contributed by atoms with Gasteiger partial charge in [-0.25, -0.2) is 0 Å². The number of amides is 1. The molecule has 3 rings (SSSR count). The molecule has 0 aliphatic carbocycles. The minimum Gasteiger partial charge on any atom is -0.497 e. The number of carbonyl (C=O) groups excluding carboxylic acids is 1. The zero-order valence-electron chi connectivity index (χ0n) is 14.9. The van der Waals surface area contributed by atoms with Crippen molar-refractivity contribution in [2.75, 3.05) is 33.3 Å². The minimum absolute atomic E-state index is 0.259. The molecular formula is C21H26N2O2. The second-order valence-corrected chi connectivity index (χ2v) is 6.49. The number of aryl methyl sites for hydroxylation is 1. The van der Waals surface area contributed by atoms with Crippen LogP contribution in [0.1, 0.15) is 17.5 Å². The van der Waals surface area contributed by atoms with Gasteiger partial charge in [-0.2, -0.15) is 0 Å². The van der Waals surface area contributed by atoms with Crippen molar-refractivity contribution in [2.45, 2.75) is 19.4 Å². The van der Waals surface area contributed by atoms with E-state index >= 15 is 0 Å². The van der Waals surface area contributed by atoms with Crippen LogP contribution >= 0.6 is 0 Å². The Hall–Kier alpha value is -2.33. The lowest BCUT2D eigenvalue weighted by Crippen LogP contribution is -2.48. The van der Waals surface area contributed by atoms with Gasteiger partial charge in [0.05, 0.1) is 7.11 Å². The molecule has 1 aliphatic heterocycles. The normalized spacial score (nSPS) is 15.2. The van der Waals surface area contributed by atoms with Crippen LogP contribution in [0.25, 0.3) is 0 Å². The van der Waals surface area contributed by atoms with Gasteiger partial charge < -0.3 is 9.64 Å². The number of rotatable bonds is 6. The van der Waals surface area contributed by atoms with Crippen molar-refractivity contribution in [1.29, 1.82) is 0 Å². The van der Waals surface area contributed by atoms with Gasteiger partial charge in [0, 0.05) is 39.1 Å². The molecule has 25 heavy (non-hydrogen) atoms. The molecule has 1 heterocycles. The second-order valence-electron chi connectivity index (χ2n) is 6.49. The molecule has 4 nitrogen and oxygen atoms in total. The lowest BCUT2D eigenvalue weighted by molar-refractivity contribution is -0.133. The van der Waals surface area contributed by atoms with E-state index in [4.69, 9.17) is 4.74 Å². The highest BCUT2D eigenvalue weighted by molar-refractivity contribution is 5.76. The van der Waals surface area contributed by atoms with Crippen LogP contribution in [0.2, 0.25) is 0 Å². The molecular weight excluding hydrogens is 312 g/mol. The Balaban J connectivity index is 1.41. The summed E-state index contributed by atoms with van der Waals surface area (Å²) in [6.07, 6.45) is 1.36. The first-order valence-corrected chi connectivity index (χ1v) is 8.91. The molecule has 0 bridgehead atoms. The van der Waals surface area contributed by atoms with E-state index in [2.05, 4.69) is 29.2 Å². The van der Waals surface area contributed by atoms with E-state index < -0.39 is 0 Å². The fraction of sp³-hybridized carbons (Fsp3) is 0.381. The fourth-order valence-corrected chi connectivity index (χ4v) is 3.20. The van der Waals surface area contributed by atoms with E-state index in [0.717, 1.165) is 44.9 Å². The van der Waals surface area contributed by atoms with Gasteiger partial charge in [0.2, 0.25) is 5.91 Å². The van der Waals surface area contributed by atoms with Crippen molar-refractivity contribution < 1.29 is 9.53 Å². The summed E-state index contributed by atoms with van der Waals surface area (Å²) in [5, 5.41) is 0. The summed E-state index contributed by atoms with van der Waals surface area (Å²) in [6, 6.07) is 18.5. The third-order valence-corrected chi connectivity index (χ3v) is 4.76. The first-order valence-electron chi connectivity index (χ1n) is 8.91. The standard InChI is InChI=1S/C21H26N2O2/c1-25-20-10-7-18(8-11-20)9-12-21(24)23-15-13-22(14-16-23)17-19-5-3-2-4-6-19/h2-8,10-11H,9,12-17H2,1H3. The predicted molar refractivity (Wildman–Crippen MR) is 99.6 cm³/mol. The zero-order chi connectivity index (χ0) is 17.5. The summed E-state index contributed by atoms with van der Waals surface area (Å²) in [5.41, 5.74) is 2.51. The van der Waals surface area contributed by atoms with Gasteiger partial charge in [-0.05, 0) is 29.7 Å². The molecule has 2 aromatic rings. The molecule has 132 valence electrons. The molecule has 0 radical (unpaired) electrons. The fourth-order valence-electron chi connectivity index (χ4n) is 3.20. The smallest absolute Gasteiger partial charge is 0.222 e. The maximum absolute atomic E-state index is 12.4. The Kier molecular flexibility index (Phi) is 6.07. The van der Waals surface area contributed by atoms with Gasteiger partial charge in [-0.1, -0.05) is 42.5 Å². The van der Waals surface area contributed by atoms with Crippen LogP contribution in [-0.4, -0.2) is 49.0 Å². The van der Waals surface area contributed by atoms with Gasteiger partial charge in [0.25, 0.3) is 0 Å². The Morgan fingerprint density at radius 3 is 2.24 bits per heavy atom. The Bertz CT molecular complexity index is 662. The summed E-state index contributed by atoms with van der Waals surface area (Å²) in [6.45, 7) is 4.52. The monoisotopic (exact) mass is 338 g/mol. The molecule has 1 saturated heterocycles. The first-order chi connectivity index (χ1) is 12.2. The first kappa shape index (κ1) is 17.5. The molecule has 1 aliphatic rings. The number of ether oxygens (including phenoxy) is 1. The number of nitrogens with zero attached hydrogens (tertiary/aromatic N) is 2. The van der Waals surface area contributed by atoms with Gasteiger partial charge >= 0.3 is 0 Å². The van der Waals surface area contributed by atoms with Crippen molar-refractivity contribution in [2.24, 2.45) is 0 Å². The van der Waals surface area contributed by atoms with Gasteiger partial charge in [-0.3, -0.25) is 9.69 Å². The minimum atomic E-state index is 0.259. The Labute approximate surface area is 150 Å². The number of carbonyl (C=O) groups is 1. The van der Waals surface area contributed by atoms with Gasteiger partial charge in [0.15, 0.2) is 0 Å². The highest BCUT2D eigenvalue weighted by Gasteiger charge is 2.20. The molecule has 0 spiro atoms. The summed E-state index contributed by atoms with van der Waals surface area (Å²) >= 11 is 0. The maximum atomic E-state index is 12.4. The van der Waals surface area contributed by atoms with Crippen LogP contribution in [0.4, 0.5) is 0 Å². The van der Waals surface area contributed by atoms with Crippen molar-refractivity contribution in [3.05, 3.63) is 65.7 Å². The van der Waals surface area contributed by atoms with Crippen molar-refractivity contribution in [3.63, 3.8) is 0 Å². The quantitative estimate of drug-likeness (QED) is 0.812. The topological polar surface area (TPSA) is 32.8 Å². The third kappa shape index (κ3) is 5.07. The molecule has 0 atom stereocenters. The average molecular weight is 338 g/mol. The van der Waals surface area contributed by atoms with E-state index in [1.807, 2.05) is 35.2 Å². The zero-order valence-corrected chi connectivity index (χ0v) is 14.9. The molecule has 1 fully saturated rings. The van der Waals surface area contributed by atoms with E-state index in [0.29, 0.717) is 6.42 Å². The molecule has 0 saturated carbocycles. The molecule has 2 aromatic carbocycles. The van der Waals surface area contributed by atoms with Crippen LogP contribution in [-0.2, 0) is 17.8 Å². The number of methoxy groups -OCH3 is 1. The number of benzene rings is 2. The molecule has 0 aromatic heterocycles. The Morgan fingerprint density at radius 1 is 0.920 bits per heavy atom. The van der Waals surface area contributed by atoms with Crippen LogP contribution in [0.5, 0.6) is 5.75 Å². The largest absolute Gasteiger partial charge is 0.497 e. The van der Waals surface area contributed by atoms with Crippen LogP contribution in [0, 0.1) is 0 Å². The van der Waals surface area contributed by atoms with Crippen molar-refractivity contribution in [3.8, 4) is 5.75 Å². The number of hydrogen-bond donors (Lipinski definition) is 0. The van der Waals surface area contributed by atoms with E-state index in [9.17, 15) is 4.79 Å². The summed E-state index contributed by atoms with van der Waals surface area (Å²) in [4.78, 5) is 16.9. The highest BCUT2D eigenvalue weighted by Crippen LogP contribution is 2.14. The Morgan fingerprint density at radius 2 is 1.60 bits per heavy atom. The van der Waals surface area contributed by atoms with E-state index in [-0.39, 0.29) is 5.91 Å². The van der Waals surface area contributed by atoms with Crippen LogP contribution < -0.4 is 4.74 Å². The SMILES string of the molecule is COc1ccc(CCC(=O)N2CCN(Cc3ccccc3)CC2)cc1. The second kappa shape index (κ2) is 8.67. The number of hydrogen-bond acceptors (Lipinski definition) is 3. The van der Waals surface area contributed by atoms with Crippen molar-refractivity contribution >= 4 is 5.91 Å². The van der Waals surface area contributed by atoms with E-state index in [1.165, 1.54) is 11.1 Å². The predicted octanol–water partition coefficient (Wildman–Crippen LogP) is 2.97. The summed E-state index contributed by atoms with van der Waals surface area (Å²) in [5.74, 6) is 1.11. The molecule has 0 N–H and O–H groups in total. The lowest BCUT2D eigenvalue weighted by atomic mass is 10.1. The van der Waals surface area contributed by atoms with Crippen molar-refractivity contribution in [1.82, 2.24) is 9.80 Å². The van der Waals surface area contributed by atoms with Gasteiger partial charge in [-0.15, -0.1) is 0 Å². The maximum Gasteiger partial charge on any atom is 0.222 e. The molecule has 1 amide bonds. The average Bonchev–Trinajstić information content (AvgIpc) is 2.68. The van der Waals surface area contributed by atoms with E-state index in [1.54, 1.807) is 7.11 Å². The summed E-state index contributed by atoms with van der Waals surface area (Å²) < 4.78 is 5.16. The third-order valence-electron chi connectivity index (χ3n) is 4.76. The van der Waals surface area contributed by atoms with Crippen LogP contribution in [0.15, 0.2) is 54.6 Å². The molecule has 0 unspecified atom stereocenters. The van der Waals surface area contributed by atoms with Crippen LogP contribution in [0.3, 0.4) is 0 Å². The van der Waals surface area contributed by atoms with Gasteiger partial charge in [0.1, 0.15) is 5.75 Å². The summed E-state index contributed by atoms with van der Waals surface area (Å²) in [7, 11) is 1.66.